The summed E-state index contributed by atoms with van der Waals surface area (Å²) in [5.41, 5.74) is 0.116. The van der Waals surface area contributed by atoms with Crippen LogP contribution in [0.3, 0.4) is 0 Å². The number of esters is 2. The van der Waals surface area contributed by atoms with Gasteiger partial charge in [-0.15, -0.1) is 0 Å². The third-order valence-electron chi connectivity index (χ3n) is 3.19. The molecule has 132 valence electrons. The van der Waals surface area contributed by atoms with E-state index in [0.29, 0.717) is 37.3 Å². The maximum Gasteiger partial charge on any atom is 0.306 e. The average molecular weight is 358 g/mol. The lowest BCUT2D eigenvalue weighted by molar-refractivity contribution is -0.385. The Labute approximate surface area is 145 Å². The normalized spacial score (nSPS) is 10.2. The fraction of sp³-hybridized carbons (Fsp3) is 0.500. The maximum atomic E-state index is 11.7. The van der Waals surface area contributed by atoms with Crippen molar-refractivity contribution in [3.8, 4) is 0 Å². The number of benzene rings is 1. The third kappa shape index (κ3) is 7.41. The molecule has 0 aliphatic carbocycles. The highest BCUT2D eigenvalue weighted by Crippen LogP contribution is 2.23. The molecule has 0 spiro atoms. The Kier molecular flexibility index (Phi) is 8.78. The second-order valence-electron chi connectivity index (χ2n) is 5.06. The molecule has 0 aliphatic heterocycles. The number of hydrogen-bond acceptors (Lipinski definition) is 6. The molecule has 0 unspecified atom stereocenters. The van der Waals surface area contributed by atoms with Crippen LogP contribution in [0.1, 0.15) is 44.6 Å². The van der Waals surface area contributed by atoms with Crippen molar-refractivity contribution >= 4 is 29.2 Å². The molecule has 1 rings (SSSR count). The molecule has 1 aromatic carbocycles. The van der Waals surface area contributed by atoms with Crippen molar-refractivity contribution in [3.05, 3.63) is 38.9 Å². The van der Waals surface area contributed by atoms with Crippen LogP contribution in [0.25, 0.3) is 0 Å². The van der Waals surface area contributed by atoms with Crippen molar-refractivity contribution in [2.45, 2.75) is 45.6 Å². The smallest absolute Gasteiger partial charge is 0.306 e. The van der Waals surface area contributed by atoms with Crippen LogP contribution in [-0.4, -0.2) is 23.5 Å². The zero-order chi connectivity index (χ0) is 17.9. The number of carbonyl (C=O) groups excluding carboxylic acids is 2. The largest absolute Gasteiger partial charge is 0.466 e. The Bertz CT molecular complexity index is 590. The van der Waals surface area contributed by atoms with Crippen molar-refractivity contribution < 1.29 is 24.0 Å². The minimum atomic E-state index is -0.547. The Hall–Kier alpha value is -2.15. The van der Waals surface area contributed by atoms with Crippen LogP contribution in [0, 0.1) is 10.1 Å². The molecule has 8 heteroatoms. The van der Waals surface area contributed by atoms with Crippen molar-refractivity contribution in [2.24, 2.45) is 0 Å². The summed E-state index contributed by atoms with van der Waals surface area (Å²) in [6.07, 6.45) is 2.45. The standard InChI is InChI=1S/C16H20ClNO6/c1-2-23-15(19)6-4-3-5-7-16(20)24-11-12-10-13(17)8-9-14(12)18(21)22/h8-10H,2-7,11H2,1H3. The summed E-state index contributed by atoms with van der Waals surface area (Å²) >= 11 is 5.80. The topological polar surface area (TPSA) is 95.7 Å². The molecule has 0 saturated carbocycles. The van der Waals surface area contributed by atoms with Crippen molar-refractivity contribution in [3.63, 3.8) is 0 Å². The summed E-state index contributed by atoms with van der Waals surface area (Å²) in [5.74, 6) is -0.686. The fourth-order valence-corrected chi connectivity index (χ4v) is 2.22. The summed E-state index contributed by atoms with van der Waals surface area (Å²) < 4.78 is 9.85. The first kappa shape index (κ1) is 19.9. The molecule has 0 saturated heterocycles. The number of ether oxygens (including phenoxy) is 2. The third-order valence-corrected chi connectivity index (χ3v) is 3.43. The van der Waals surface area contributed by atoms with Crippen LogP contribution in [0.2, 0.25) is 5.02 Å². The first-order chi connectivity index (χ1) is 11.4. The van der Waals surface area contributed by atoms with Crippen molar-refractivity contribution in [1.82, 2.24) is 0 Å². The zero-order valence-corrected chi connectivity index (χ0v) is 14.2. The van der Waals surface area contributed by atoms with Gasteiger partial charge in [-0.1, -0.05) is 18.0 Å². The molecule has 24 heavy (non-hydrogen) atoms. The number of carbonyl (C=O) groups is 2. The van der Waals surface area contributed by atoms with Crippen LogP contribution in [0.4, 0.5) is 5.69 Å². The van der Waals surface area contributed by atoms with E-state index in [4.69, 9.17) is 21.1 Å². The molecular formula is C16H20ClNO6. The minimum absolute atomic E-state index is 0.137. The number of nitro groups is 1. The Morgan fingerprint density at radius 1 is 1.12 bits per heavy atom. The molecule has 0 amide bonds. The molecule has 0 heterocycles. The number of unbranched alkanes of at least 4 members (excludes halogenated alkanes) is 2. The van der Waals surface area contributed by atoms with Crippen molar-refractivity contribution in [1.29, 1.82) is 0 Å². The van der Waals surface area contributed by atoms with Gasteiger partial charge >= 0.3 is 11.9 Å². The minimum Gasteiger partial charge on any atom is -0.466 e. The summed E-state index contributed by atoms with van der Waals surface area (Å²) in [6, 6.07) is 4.10. The zero-order valence-electron chi connectivity index (χ0n) is 13.5. The van der Waals surface area contributed by atoms with Gasteiger partial charge in [-0.2, -0.15) is 0 Å². The van der Waals surface area contributed by atoms with E-state index in [-0.39, 0.29) is 30.2 Å². The van der Waals surface area contributed by atoms with Gasteiger partial charge in [0.1, 0.15) is 6.61 Å². The molecular weight excluding hydrogens is 338 g/mol. The summed E-state index contributed by atoms with van der Waals surface area (Å²) in [6.45, 7) is 1.91. The molecule has 1 aromatic rings. The van der Waals surface area contributed by atoms with Gasteiger partial charge < -0.3 is 9.47 Å². The highest BCUT2D eigenvalue weighted by molar-refractivity contribution is 6.30. The number of rotatable bonds is 10. The van der Waals surface area contributed by atoms with E-state index in [0.717, 1.165) is 0 Å². The fourth-order valence-electron chi connectivity index (χ4n) is 2.03. The molecule has 0 aromatic heterocycles. The van der Waals surface area contributed by atoms with Crippen LogP contribution in [0.15, 0.2) is 18.2 Å². The number of halogens is 1. The highest BCUT2D eigenvalue weighted by Gasteiger charge is 2.15. The van der Waals surface area contributed by atoms with E-state index >= 15 is 0 Å². The van der Waals surface area contributed by atoms with Gasteiger partial charge in [0, 0.05) is 23.9 Å². The summed E-state index contributed by atoms with van der Waals surface area (Å²) in [7, 11) is 0. The number of nitro benzene ring substituents is 1. The van der Waals surface area contributed by atoms with Gasteiger partial charge in [0.25, 0.3) is 5.69 Å². The summed E-state index contributed by atoms with van der Waals surface area (Å²) in [5, 5.41) is 11.2. The Balaban J connectivity index is 2.31. The van der Waals surface area contributed by atoms with E-state index < -0.39 is 10.9 Å². The average Bonchev–Trinajstić information content (AvgIpc) is 2.52. The number of hydrogen-bond donors (Lipinski definition) is 0. The van der Waals surface area contributed by atoms with Crippen LogP contribution in [-0.2, 0) is 25.7 Å². The van der Waals surface area contributed by atoms with Gasteiger partial charge in [-0.3, -0.25) is 19.7 Å². The first-order valence-electron chi connectivity index (χ1n) is 7.68. The molecule has 0 atom stereocenters. The van der Waals surface area contributed by atoms with E-state index in [2.05, 4.69) is 0 Å². The number of nitrogens with zero attached hydrogens (tertiary/aromatic N) is 1. The SMILES string of the molecule is CCOC(=O)CCCCCC(=O)OCc1cc(Cl)ccc1[N+](=O)[O-]. The monoisotopic (exact) mass is 357 g/mol. The summed E-state index contributed by atoms with van der Waals surface area (Å²) in [4.78, 5) is 33.2. The molecule has 0 aliphatic rings. The lowest BCUT2D eigenvalue weighted by Gasteiger charge is -2.06. The van der Waals surface area contributed by atoms with Gasteiger partial charge in [0.05, 0.1) is 17.1 Å². The molecule has 0 fully saturated rings. The quantitative estimate of drug-likeness (QED) is 0.273. The van der Waals surface area contributed by atoms with E-state index in [9.17, 15) is 19.7 Å². The van der Waals surface area contributed by atoms with E-state index in [1.54, 1.807) is 6.92 Å². The van der Waals surface area contributed by atoms with E-state index in [1.165, 1.54) is 18.2 Å². The lowest BCUT2D eigenvalue weighted by Crippen LogP contribution is -2.06. The van der Waals surface area contributed by atoms with Crippen LogP contribution >= 0.6 is 11.6 Å². The molecule has 0 N–H and O–H groups in total. The Morgan fingerprint density at radius 2 is 1.75 bits per heavy atom. The maximum absolute atomic E-state index is 11.7. The highest BCUT2D eigenvalue weighted by atomic mass is 35.5. The van der Waals surface area contributed by atoms with Gasteiger partial charge in [-0.25, -0.2) is 0 Å². The van der Waals surface area contributed by atoms with Crippen molar-refractivity contribution in [2.75, 3.05) is 6.61 Å². The predicted octanol–water partition coefficient (Wildman–Crippen LogP) is 3.81. The lowest BCUT2D eigenvalue weighted by atomic mass is 10.1. The van der Waals surface area contributed by atoms with Gasteiger partial charge in [0.2, 0.25) is 0 Å². The van der Waals surface area contributed by atoms with Gasteiger partial charge in [-0.05, 0) is 31.9 Å². The first-order valence-corrected chi connectivity index (χ1v) is 8.06. The Morgan fingerprint density at radius 3 is 2.33 bits per heavy atom. The molecule has 0 radical (unpaired) electrons. The van der Waals surface area contributed by atoms with Crippen LogP contribution < -0.4 is 0 Å². The molecule has 7 nitrogen and oxygen atoms in total. The predicted molar refractivity (Wildman–Crippen MR) is 87.6 cm³/mol. The second kappa shape index (κ2) is 10.6. The van der Waals surface area contributed by atoms with Gasteiger partial charge in [0.15, 0.2) is 0 Å². The second-order valence-corrected chi connectivity index (χ2v) is 5.49. The molecule has 0 bridgehead atoms. The van der Waals surface area contributed by atoms with Crippen LogP contribution in [0.5, 0.6) is 0 Å². The van der Waals surface area contributed by atoms with E-state index in [1.807, 2.05) is 0 Å².